The lowest BCUT2D eigenvalue weighted by atomic mass is 9.42. The number of aliphatic hydroxyl groups is 17. The Balaban J connectivity index is 0.835. The second-order valence-electron chi connectivity index (χ2n) is 26.9. The van der Waals surface area contributed by atoms with E-state index in [2.05, 4.69) is 6.92 Å². The summed E-state index contributed by atoms with van der Waals surface area (Å²) in [6.45, 7) is 10.3. The van der Waals surface area contributed by atoms with Gasteiger partial charge in [0.15, 0.2) is 37.2 Å². The molecule has 0 radical (unpaired) electrons. The Morgan fingerprint density at radius 1 is 0.553 bits per heavy atom. The number of fused-ring (bicyclic) bond motifs is 7. The maximum Gasteiger partial charge on any atom is 0.187 e. The van der Waals surface area contributed by atoms with Crippen LogP contribution in [0.1, 0.15) is 99.8 Å². The molecule has 5 saturated heterocycles. The van der Waals surface area contributed by atoms with Gasteiger partial charge in [-0.3, -0.25) is 4.79 Å². The van der Waals surface area contributed by atoms with E-state index in [4.69, 9.17) is 47.4 Å². The highest BCUT2D eigenvalue weighted by Gasteiger charge is 2.72. The zero-order valence-corrected chi connectivity index (χ0v) is 48.8. The van der Waals surface area contributed by atoms with Gasteiger partial charge in [-0.15, -0.1) is 0 Å². The number of carbonyl (C=O) groups is 1. The molecule has 10 aliphatic rings. The summed E-state index contributed by atoms with van der Waals surface area (Å²) in [6, 6.07) is 0. The summed E-state index contributed by atoms with van der Waals surface area (Å²) in [5.41, 5.74) is -3.75. The van der Waals surface area contributed by atoms with Crippen molar-refractivity contribution in [2.24, 2.45) is 40.4 Å². The molecule has 85 heavy (non-hydrogen) atoms. The lowest BCUT2D eigenvalue weighted by Gasteiger charge is -2.65. The smallest absolute Gasteiger partial charge is 0.187 e. The van der Waals surface area contributed by atoms with Gasteiger partial charge in [0.25, 0.3) is 0 Å². The molecule has 1 unspecified atom stereocenters. The van der Waals surface area contributed by atoms with Gasteiger partial charge in [0.2, 0.25) is 0 Å². The molecule has 17 N–H and O–H groups in total. The van der Waals surface area contributed by atoms with E-state index in [0.717, 1.165) is 0 Å². The SMILES string of the molecule is CC1=C2[C@](O)(C[C@H]3[C@@H]4C[C@@H](O)[C@@]5(O)C[C@@H](O[C@@H]6O[C@H](CO)[C@@H](O[C@@H]7O[C@@H](C)[C@H](O[C@@H]8O[C@@H](C)[C@H](O)[C@@H](O)[C@H]8O)[C@@H](O)[C@H]7O)[C@H](O)[C@H]6O[C@@H]6O[C@@H](C)[C@H](O)[C@@H](O)[C@H]6O)CC[C@]5(C)[C@H]4CC[C@]23C)C(C[C@@H](C)CO[C@@H]2O[C@H](CO)[C@@H](O)[C@H](O)[C@H]2O)C1=O. The Morgan fingerprint density at radius 3 is 1.68 bits per heavy atom. The maximum absolute atomic E-state index is 14.2. The molecule has 10 rings (SSSR count). The Morgan fingerprint density at radius 2 is 1.08 bits per heavy atom. The first-order valence-electron chi connectivity index (χ1n) is 30.1. The zero-order chi connectivity index (χ0) is 62.1. The summed E-state index contributed by atoms with van der Waals surface area (Å²) in [4.78, 5) is 14.2. The number of aliphatic hydroxyl groups excluding tert-OH is 15. The monoisotopic (exact) mass is 1220 g/mol. The van der Waals surface area contributed by atoms with Crippen molar-refractivity contribution in [1.82, 2.24) is 0 Å². The van der Waals surface area contributed by atoms with Crippen LogP contribution in [0.2, 0.25) is 0 Å². The summed E-state index contributed by atoms with van der Waals surface area (Å²) in [5, 5.41) is 189. The van der Waals surface area contributed by atoms with E-state index < -0.39 is 207 Å². The van der Waals surface area contributed by atoms with E-state index in [-0.39, 0.29) is 68.2 Å². The van der Waals surface area contributed by atoms with Crippen molar-refractivity contribution in [3.8, 4) is 0 Å². The normalized spacial score (nSPS) is 55.9. The fraction of sp³-hybridized carbons (Fsp3) is 0.947. The molecule has 0 aromatic heterocycles. The van der Waals surface area contributed by atoms with Gasteiger partial charge in [-0.2, -0.15) is 0 Å². The van der Waals surface area contributed by atoms with Crippen molar-refractivity contribution in [2.45, 2.75) is 277 Å². The molecule has 0 aromatic rings. The number of hydrogen-bond donors (Lipinski definition) is 17. The van der Waals surface area contributed by atoms with Crippen molar-refractivity contribution in [3.05, 3.63) is 11.1 Å². The summed E-state index contributed by atoms with van der Waals surface area (Å²) in [5.74, 6) is -2.04. The van der Waals surface area contributed by atoms with E-state index in [1.54, 1.807) is 6.92 Å². The molecule has 4 saturated carbocycles. The van der Waals surface area contributed by atoms with Gasteiger partial charge < -0.3 is 134 Å². The second kappa shape index (κ2) is 24.8. The lowest BCUT2D eigenvalue weighted by molar-refractivity contribution is -0.396. The molecule has 0 spiro atoms. The van der Waals surface area contributed by atoms with Gasteiger partial charge in [-0.05, 0) is 113 Å². The quantitative estimate of drug-likeness (QED) is 0.0681. The van der Waals surface area contributed by atoms with Gasteiger partial charge >= 0.3 is 0 Å². The Bertz CT molecular complexity index is 2370. The third-order valence-electron chi connectivity index (χ3n) is 21.8. The molecule has 0 amide bonds. The molecule has 36 atom stereocenters. The van der Waals surface area contributed by atoms with Crippen LogP contribution in [0.15, 0.2) is 11.1 Å². The van der Waals surface area contributed by atoms with Crippen LogP contribution < -0.4 is 0 Å². The molecule has 0 bridgehead atoms. The van der Waals surface area contributed by atoms with Gasteiger partial charge in [0.1, 0.15) is 104 Å². The van der Waals surface area contributed by atoms with Gasteiger partial charge in [0.05, 0.1) is 67.5 Å². The number of Topliss-reactive ketones (excluding diaryl/α,β-unsaturated/α-hetero) is 1. The molecular weight excluding hydrogens is 1130 g/mol. The van der Waals surface area contributed by atoms with Crippen molar-refractivity contribution >= 4 is 5.78 Å². The highest BCUT2D eigenvalue weighted by molar-refractivity contribution is 6.02. The molecule has 0 aromatic carbocycles. The van der Waals surface area contributed by atoms with E-state index >= 15 is 0 Å². The topological polar surface area (TPSA) is 453 Å². The molecular formula is C57H92O28. The van der Waals surface area contributed by atoms with Crippen molar-refractivity contribution in [2.75, 3.05) is 19.8 Å². The van der Waals surface area contributed by atoms with E-state index in [0.29, 0.717) is 30.4 Å². The third kappa shape index (κ3) is 11.1. The molecule has 9 fully saturated rings. The number of ketones is 1. The van der Waals surface area contributed by atoms with Crippen LogP contribution in [0.3, 0.4) is 0 Å². The fourth-order valence-electron chi connectivity index (χ4n) is 16.9. The van der Waals surface area contributed by atoms with Crippen LogP contribution in [0.5, 0.6) is 0 Å². The molecule has 488 valence electrons. The maximum atomic E-state index is 14.2. The average Bonchev–Trinajstić information content (AvgIpc) is 1.71. The van der Waals surface area contributed by atoms with Crippen LogP contribution in [0.4, 0.5) is 0 Å². The minimum absolute atomic E-state index is 0.0578. The number of hydrogen-bond acceptors (Lipinski definition) is 28. The van der Waals surface area contributed by atoms with Crippen LogP contribution in [-0.4, -0.2) is 289 Å². The standard InChI is InChI=1S/C57H92O28/c1-19(18-76-49-40(69)38(67)35(64)29(16-58)81-49)12-27-32(61)20(2)48-54(6)10-9-26-25(28(54)15-56(27,48)74)13-31(60)57(75)14-24(8-11-55(26,57)7)80-53-47(85-51-42(71)37(66)34(63)22(4)78-51)44(73)46(30(17-59)82-53)84-52-43(72)39(68)45(23(5)79-52)83-50-41(70)36(65)33(62)21(3)77-50/h19,21-31,33-47,49-53,58-60,62-75H,8-18H2,1-7H3/t19-,21+,22+,23+,24+,25-,26+,27?,28+,29-,30-,31-,33+,34+,35-,36-,37-,38+,39+,40-,41-,42-,43-,44+,45+,46-,47-,49-,50+,51+,52+,53-,54+,55-,56+,57+/m1/s1. The van der Waals surface area contributed by atoms with Gasteiger partial charge in [-0.1, -0.05) is 20.8 Å². The fourth-order valence-corrected chi connectivity index (χ4v) is 16.9. The molecule has 5 heterocycles. The van der Waals surface area contributed by atoms with Crippen LogP contribution in [0.25, 0.3) is 0 Å². The van der Waals surface area contributed by atoms with E-state index in [1.165, 1.54) is 20.8 Å². The number of allylic oxidation sites excluding steroid dienone is 1. The summed E-state index contributed by atoms with van der Waals surface area (Å²) >= 11 is 0. The summed E-state index contributed by atoms with van der Waals surface area (Å²) in [7, 11) is 0. The zero-order valence-electron chi connectivity index (χ0n) is 48.8. The predicted molar refractivity (Wildman–Crippen MR) is 282 cm³/mol. The average molecular weight is 1230 g/mol. The third-order valence-corrected chi connectivity index (χ3v) is 21.8. The molecule has 5 aliphatic heterocycles. The van der Waals surface area contributed by atoms with E-state index in [9.17, 15) is 91.6 Å². The van der Waals surface area contributed by atoms with Gasteiger partial charge in [0, 0.05) is 11.8 Å². The first-order chi connectivity index (χ1) is 39.9. The highest BCUT2D eigenvalue weighted by atomic mass is 16.8. The Hall–Kier alpha value is -1.67. The number of rotatable bonds is 15. The largest absolute Gasteiger partial charge is 0.394 e. The second-order valence-corrected chi connectivity index (χ2v) is 26.9. The minimum Gasteiger partial charge on any atom is -0.394 e. The minimum atomic E-state index is -1.95. The number of ether oxygens (including phenoxy) is 10. The first kappa shape index (κ1) is 66.3. The van der Waals surface area contributed by atoms with Crippen LogP contribution >= 0.6 is 0 Å². The molecule has 5 aliphatic carbocycles. The first-order valence-corrected chi connectivity index (χ1v) is 30.1. The Labute approximate surface area is 491 Å². The van der Waals surface area contributed by atoms with Crippen molar-refractivity contribution < 1.29 is 139 Å². The van der Waals surface area contributed by atoms with Crippen LogP contribution in [0, 0.1) is 40.4 Å². The summed E-state index contributed by atoms with van der Waals surface area (Å²) < 4.78 is 59.6. The molecule has 28 nitrogen and oxygen atoms in total. The Kier molecular flexibility index (Phi) is 19.3. The molecule has 28 heteroatoms. The van der Waals surface area contributed by atoms with Crippen molar-refractivity contribution in [1.29, 1.82) is 0 Å². The predicted octanol–water partition coefficient (Wildman–Crippen LogP) is -5.45. The lowest BCUT2D eigenvalue weighted by Crippen LogP contribution is -2.69. The summed E-state index contributed by atoms with van der Waals surface area (Å²) in [6.07, 6.45) is -39.8. The highest BCUT2D eigenvalue weighted by Crippen LogP contribution is 2.72. The van der Waals surface area contributed by atoms with Crippen molar-refractivity contribution in [3.63, 3.8) is 0 Å². The van der Waals surface area contributed by atoms with Crippen LogP contribution in [-0.2, 0) is 52.2 Å². The number of carbonyl (C=O) groups excluding carboxylic acids is 1. The van der Waals surface area contributed by atoms with E-state index in [1.807, 2.05) is 13.8 Å². The van der Waals surface area contributed by atoms with Gasteiger partial charge in [-0.25, -0.2) is 0 Å².